The van der Waals surface area contributed by atoms with E-state index < -0.39 is 10.0 Å². The molecule has 0 unspecified atom stereocenters. The van der Waals surface area contributed by atoms with Gasteiger partial charge in [-0.05, 0) is 42.8 Å². The van der Waals surface area contributed by atoms with Gasteiger partial charge in [0.25, 0.3) is 0 Å². The van der Waals surface area contributed by atoms with Gasteiger partial charge in [0.1, 0.15) is 12.4 Å². The van der Waals surface area contributed by atoms with Gasteiger partial charge < -0.3 is 10.1 Å². The smallest absolute Gasteiger partial charge is 0.208 e. The van der Waals surface area contributed by atoms with Crippen LogP contribution < -0.4 is 14.8 Å². The Morgan fingerprint density at radius 1 is 1.33 bits per heavy atom. The first-order chi connectivity index (χ1) is 9.94. The number of benzene rings is 1. The molecular formula is C14H19BrN2O3S. The van der Waals surface area contributed by atoms with Crippen molar-refractivity contribution < 1.29 is 13.2 Å². The third kappa shape index (κ3) is 5.78. The Kier molecular flexibility index (Phi) is 5.80. The van der Waals surface area contributed by atoms with Gasteiger partial charge in [0.15, 0.2) is 0 Å². The monoisotopic (exact) mass is 374 g/mol. The summed E-state index contributed by atoms with van der Waals surface area (Å²) in [5, 5.41) is 3.29. The molecule has 7 heteroatoms. The van der Waals surface area contributed by atoms with Crippen LogP contribution in [0.3, 0.4) is 0 Å². The molecule has 1 heterocycles. The van der Waals surface area contributed by atoms with Crippen LogP contribution in [0.15, 0.2) is 28.2 Å². The Labute approximate surface area is 133 Å². The molecular weight excluding hydrogens is 356 g/mol. The first kappa shape index (κ1) is 16.5. The number of hydrogen-bond acceptors (Lipinski definition) is 4. The van der Waals surface area contributed by atoms with Crippen molar-refractivity contribution in [1.29, 1.82) is 0 Å². The molecule has 0 aromatic heterocycles. The lowest BCUT2D eigenvalue weighted by atomic mass is 10.1. The summed E-state index contributed by atoms with van der Waals surface area (Å²) in [4.78, 5) is 0. The predicted octanol–water partition coefficient (Wildman–Crippen LogP) is 1.75. The van der Waals surface area contributed by atoms with E-state index in [-0.39, 0.29) is 0 Å². The molecule has 116 valence electrons. The van der Waals surface area contributed by atoms with Crippen molar-refractivity contribution in [2.75, 3.05) is 32.5 Å². The van der Waals surface area contributed by atoms with E-state index in [0.717, 1.165) is 35.3 Å². The van der Waals surface area contributed by atoms with Gasteiger partial charge in [0.2, 0.25) is 10.0 Å². The fourth-order valence-corrected chi connectivity index (χ4v) is 2.91. The van der Waals surface area contributed by atoms with Crippen molar-refractivity contribution in [1.82, 2.24) is 10.0 Å². The number of fused-ring (bicyclic) bond motifs is 1. The maximum Gasteiger partial charge on any atom is 0.208 e. The van der Waals surface area contributed by atoms with E-state index in [2.05, 4.69) is 32.0 Å². The Hall–Kier alpha value is -0.890. The van der Waals surface area contributed by atoms with Crippen molar-refractivity contribution in [3.63, 3.8) is 0 Å². The molecule has 1 aliphatic heterocycles. The summed E-state index contributed by atoms with van der Waals surface area (Å²) < 4.78 is 31.0. The zero-order valence-electron chi connectivity index (χ0n) is 11.9. The van der Waals surface area contributed by atoms with Gasteiger partial charge in [0.05, 0.1) is 6.26 Å². The summed E-state index contributed by atoms with van der Waals surface area (Å²) >= 11 is 3.45. The second kappa shape index (κ2) is 7.40. The largest absolute Gasteiger partial charge is 0.489 e. The van der Waals surface area contributed by atoms with Crippen molar-refractivity contribution in [2.45, 2.75) is 6.42 Å². The molecule has 0 aliphatic carbocycles. The summed E-state index contributed by atoms with van der Waals surface area (Å²) in [6.45, 7) is 2.54. The quantitative estimate of drug-likeness (QED) is 0.713. The molecule has 0 saturated carbocycles. The van der Waals surface area contributed by atoms with Gasteiger partial charge in [-0.1, -0.05) is 15.9 Å². The Morgan fingerprint density at radius 2 is 2.14 bits per heavy atom. The average Bonchev–Trinajstić information content (AvgIpc) is 2.41. The molecule has 0 bridgehead atoms. The Morgan fingerprint density at radius 3 is 2.90 bits per heavy atom. The molecule has 2 rings (SSSR count). The van der Waals surface area contributed by atoms with E-state index in [9.17, 15) is 8.42 Å². The molecule has 0 atom stereocenters. The van der Waals surface area contributed by atoms with Crippen LogP contribution in [0.25, 0.3) is 6.08 Å². The third-order valence-electron chi connectivity index (χ3n) is 2.99. The number of sulfonamides is 1. The van der Waals surface area contributed by atoms with Crippen LogP contribution in [0.2, 0.25) is 0 Å². The maximum absolute atomic E-state index is 10.9. The topological polar surface area (TPSA) is 67.4 Å². The highest BCUT2D eigenvalue weighted by molar-refractivity contribution is 9.10. The van der Waals surface area contributed by atoms with Crippen LogP contribution in [0.5, 0.6) is 5.75 Å². The number of hydrogen-bond donors (Lipinski definition) is 2. The fourth-order valence-electron chi connectivity index (χ4n) is 2.02. The number of ether oxygens (including phenoxy) is 1. The van der Waals surface area contributed by atoms with Gasteiger partial charge in [0, 0.05) is 23.1 Å². The molecule has 0 radical (unpaired) electrons. The first-order valence-electron chi connectivity index (χ1n) is 6.71. The summed E-state index contributed by atoms with van der Waals surface area (Å²) in [6.07, 6.45) is 4.05. The van der Waals surface area contributed by atoms with Crippen molar-refractivity contribution in [3.8, 4) is 5.75 Å². The standard InChI is InChI=1S/C14H19BrN2O3S/c1-21(18,19)17-6-2-5-16-9-11-7-12-8-13(15)3-4-14(12)20-10-11/h3-4,7-8,16-17H,2,5-6,9-10H2,1H3. The number of rotatable bonds is 7. The molecule has 21 heavy (non-hydrogen) atoms. The minimum absolute atomic E-state index is 0.456. The van der Waals surface area contributed by atoms with Crippen LogP contribution in [-0.2, 0) is 10.0 Å². The molecule has 5 nitrogen and oxygen atoms in total. The molecule has 0 amide bonds. The number of halogens is 1. The van der Waals surface area contributed by atoms with Gasteiger partial charge in [-0.3, -0.25) is 0 Å². The highest BCUT2D eigenvalue weighted by Crippen LogP contribution is 2.28. The lowest BCUT2D eigenvalue weighted by molar-refractivity contribution is 0.343. The van der Waals surface area contributed by atoms with E-state index in [1.165, 1.54) is 11.8 Å². The lowest BCUT2D eigenvalue weighted by Crippen LogP contribution is -2.28. The Balaban J connectivity index is 1.75. The molecule has 0 fully saturated rings. The van der Waals surface area contributed by atoms with E-state index in [1.54, 1.807) is 0 Å². The minimum Gasteiger partial charge on any atom is -0.489 e. The molecule has 2 N–H and O–H groups in total. The van der Waals surface area contributed by atoms with Crippen LogP contribution in [0.4, 0.5) is 0 Å². The third-order valence-corrected chi connectivity index (χ3v) is 4.21. The van der Waals surface area contributed by atoms with E-state index in [4.69, 9.17) is 4.74 Å². The average molecular weight is 375 g/mol. The second-order valence-corrected chi connectivity index (χ2v) is 7.72. The van der Waals surface area contributed by atoms with Crippen LogP contribution in [0.1, 0.15) is 12.0 Å². The maximum atomic E-state index is 10.9. The molecule has 0 spiro atoms. The predicted molar refractivity (Wildman–Crippen MR) is 87.9 cm³/mol. The molecule has 0 saturated heterocycles. The van der Waals surface area contributed by atoms with E-state index in [0.29, 0.717) is 13.2 Å². The number of nitrogens with one attached hydrogen (secondary N) is 2. The van der Waals surface area contributed by atoms with Gasteiger partial charge in [-0.2, -0.15) is 0 Å². The van der Waals surface area contributed by atoms with E-state index in [1.807, 2.05) is 18.2 Å². The summed E-state index contributed by atoms with van der Waals surface area (Å²) in [7, 11) is -3.08. The van der Waals surface area contributed by atoms with Gasteiger partial charge >= 0.3 is 0 Å². The van der Waals surface area contributed by atoms with Crippen molar-refractivity contribution >= 4 is 32.0 Å². The fraction of sp³-hybridized carbons (Fsp3) is 0.429. The van der Waals surface area contributed by atoms with Crippen molar-refractivity contribution in [3.05, 3.63) is 33.8 Å². The Bertz CT molecular complexity index is 629. The minimum atomic E-state index is -3.08. The first-order valence-corrected chi connectivity index (χ1v) is 9.40. The summed E-state index contributed by atoms with van der Waals surface area (Å²) in [5.41, 5.74) is 2.25. The second-order valence-electron chi connectivity index (χ2n) is 4.97. The summed E-state index contributed by atoms with van der Waals surface area (Å²) in [5.74, 6) is 0.902. The molecule has 1 aliphatic rings. The van der Waals surface area contributed by atoms with Gasteiger partial charge in [-0.15, -0.1) is 0 Å². The summed E-state index contributed by atoms with van der Waals surface area (Å²) in [6, 6.07) is 5.95. The van der Waals surface area contributed by atoms with E-state index >= 15 is 0 Å². The highest BCUT2D eigenvalue weighted by Gasteiger charge is 2.11. The zero-order valence-corrected chi connectivity index (χ0v) is 14.3. The van der Waals surface area contributed by atoms with Crippen LogP contribution in [-0.4, -0.2) is 40.9 Å². The van der Waals surface area contributed by atoms with Crippen molar-refractivity contribution in [2.24, 2.45) is 0 Å². The van der Waals surface area contributed by atoms with Crippen LogP contribution in [0, 0.1) is 0 Å². The van der Waals surface area contributed by atoms with Gasteiger partial charge in [-0.25, -0.2) is 13.1 Å². The zero-order chi connectivity index (χ0) is 15.3. The molecule has 1 aromatic rings. The SMILES string of the molecule is CS(=O)(=O)NCCCNCC1=Cc2cc(Br)ccc2OC1. The normalized spacial score (nSPS) is 14.3. The van der Waals surface area contributed by atoms with Crippen LogP contribution >= 0.6 is 15.9 Å². The highest BCUT2D eigenvalue weighted by atomic mass is 79.9. The lowest BCUT2D eigenvalue weighted by Gasteiger charge is -2.18. The molecule has 1 aromatic carbocycles.